The van der Waals surface area contributed by atoms with Gasteiger partial charge >= 0.3 is 21.1 Å². The molecular weight excluding hydrogens is 832 g/mol. The molecule has 3 heterocycles. The van der Waals surface area contributed by atoms with Crippen molar-refractivity contribution in [3.8, 4) is 34.1 Å². The number of hydrogen-bond donors (Lipinski definition) is 0. The van der Waals surface area contributed by atoms with Gasteiger partial charge in [0.1, 0.15) is 5.82 Å². The maximum atomic E-state index is 6.71. The van der Waals surface area contributed by atoms with Crippen LogP contribution in [0.2, 0.25) is 0 Å². The van der Waals surface area contributed by atoms with Gasteiger partial charge in [0, 0.05) is 34.5 Å². The van der Waals surface area contributed by atoms with Crippen molar-refractivity contribution in [3.63, 3.8) is 0 Å². The van der Waals surface area contributed by atoms with E-state index >= 15 is 0 Å². The minimum absolute atomic E-state index is 0. The summed E-state index contributed by atoms with van der Waals surface area (Å²) in [7, 11) is 0. The number of ether oxygens (including phenoxy) is 1. The van der Waals surface area contributed by atoms with Gasteiger partial charge in [0.2, 0.25) is 0 Å². The first-order valence-electron chi connectivity index (χ1n) is 19.1. The third kappa shape index (κ3) is 7.38. The summed E-state index contributed by atoms with van der Waals surface area (Å²) < 4.78 is 11.0. The molecule has 7 aromatic rings. The van der Waals surface area contributed by atoms with Gasteiger partial charge in [-0.1, -0.05) is 97.3 Å². The maximum absolute atomic E-state index is 6.71. The van der Waals surface area contributed by atoms with Crippen molar-refractivity contribution in [1.29, 1.82) is 0 Å². The zero-order valence-corrected chi connectivity index (χ0v) is 34.6. The van der Waals surface area contributed by atoms with E-state index in [0.717, 1.165) is 71.1 Å². The van der Waals surface area contributed by atoms with Crippen LogP contribution in [-0.2, 0) is 53.2 Å². The summed E-state index contributed by atoms with van der Waals surface area (Å²) in [6, 6.07) is 35.3. The van der Waals surface area contributed by atoms with Crippen LogP contribution >= 0.6 is 0 Å². The van der Waals surface area contributed by atoms with Gasteiger partial charge in [0.15, 0.2) is 0 Å². The summed E-state index contributed by atoms with van der Waals surface area (Å²) >= 11 is 0. The SMILES string of the molecule is CCc1cccc(CC)c1-c1c(CC)nn(-c2[c-]c(Oc3[c-]c4c(cc3)c3ccccc3n4-c3cc(CC(C)C)ccn3)cc(C(C)C)c2)c1CC.[Pt+2]. The first-order valence-corrected chi connectivity index (χ1v) is 19.1. The Hall–Kier alpha value is -4.47. The number of pyridine rings is 1. The first kappa shape index (κ1) is 38.3. The number of aryl methyl sites for hydroxylation is 3. The summed E-state index contributed by atoms with van der Waals surface area (Å²) in [5.41, 5.74) is 13.1. The van der Waals surface area contributed by atoms with Crippen LogP contribution in [0, 0.1) is 18.1 Å². The van der Waals surface area contributed by atoms with Crippen LogP contribution in [0.1, 0.15) is 94.9 Å². The minimum atomic E-state index is 0. The molecule has 0 amide bonds. The summed E-state index contributed by atoms with van der Waals surface area (Å²) in [6.45, 7) is 17.9. The van der Waals surface area contributed by atoms with Gasteiger partial charge < -0.3 is 9.30 Å². The second-order valence-corrected chi connectivity index (χ2v) is 14.5. The van der Waals surface area contributed by atoms with Crippen molar-refractivity contribution in [1.82, 2.24) is 19.3 Å². The van der Waals surface area contributed by atoms with E-state index in [1.54, 1.807) is 0 Å². The molecule has 0 aliphatic rings. The molecule has 0 atom stereocenters. The monoisotopic (exact) mass is 881 g/mol. The van der Waals surface area contributed by atoms with Crippen molar-refractivity contribution in [2.45, 2.75) is 93.4 Å². The molecule has 0 N–H and O–H groups in total. The van der Waals surface area contributed by atoms with E-state index in [2.05, 4.69) is 150 Å². The van der Waals surface area contributed by atoms with Crippen molar-refractivity contribution in [3.05, 3.63) is 131 Å². The molecule has 7 rings (SSSR count). The summed E-state index contributed by atoms with van der Waals surface area (Å²) in [5, 5.41) is 7.57. The number of para-hydroxylation sites is 1. The minimum Gasteiger partial charge on any atom is -0.509 e. The van der Waals surface area contributed by atoms with Crippen LogP contribution < -0.4 is 4.74 Å². The fourth-order valence-corrected chi connectivity index (χ4v) is 7.65. The van der Waals surface area contributed by atoms with Crippen molar-refractivity contribution >= 4 is 21.8 Å². The molecular formula is C47H50N4OPt. The van der Waals surface area contributed by atoms with Gasteiger partial charge in [-0.2, -0.15) is 11.2 Å². The quantitative estimate of drug-likeness (QED) is 0.115. The number of fused-ring (bicyclic) bond motifs is 3. The third-order valence-electron chi connectivity index (χ3n) is 10.2. The van der Waals surface area contributed by atoms with Crippen LogP contribution in [0.4, 0.5) is 0 Å². The van der Waals surface area contributed by atoms with Gasteiger partial charge in [-0.15, -0.1) is 41.3 Å². The van der Waals surface area contributed by atoms with Crippen LogP contribution in [-0.4, -0.2) is 19.3 Å². The maximum Gasteiger partial charge on any atom is 2.00 e. The second-order valence-electron chi connectivity index (χ2n) is 14.5. The van der Waals surface area contributed by atoms with Crippen LogP contribution in [0.25, 0.3) is 44.4 Å². The third-order valence-corrected chi connectivity index (χ3v) is 10.2. The second kappa shape index (κ2) is 16.3. The number of rotatable bonds is 12. The standard InChI is InChI=1S/C47H50N4O.Pt/c1-9-33-16-15-17-34(10-2)46(33)47-41(11-3)49-51(42(47)12-4)36-26-35(31(7)8)27-38(28-36)52-37-20-21-40-39-18-13-14-19-43(39)50(44(40)29-37)45-25-32(22-23-48-45)24-30(5)6;/h13-23,25-27,30-31H,9-12,24H2,1-8H3;/q-2;+2. The molecule has 5 nitrogen and oxygen atoms in total. The van der Waals surface area contributed by atoms with E-state index < -0.39 is 0 Å². The molecule has 4 aromatic carbocycles. The molecule has 0 aliphatic heterocycles. The molecule has 53 heavy (non-hydrogen) atoms. The Kier molecular flexibility index (Phi) is 11.7. The average molecular weight is 882 g/mol. The molecule has 0 spiro atoms. The van der Waals surface area contributed by atoms with E-state index in [4.69, 9.17) is 14.8 Å². The Morgan fingerprint density at radius 1 is 0.717 bits per heavy atom. The Labute approximate surface area is 329 Å². The van der Waals surface area contributed by atoms with Crippen LogP contribution in [0.15, 0.2) is 85.1 Å². The zero-order valence-electron chi connectivity index (χ0n) is 32.3. The van der Waals surface area contributed by atoms with E-state index in [9.17, 15) is 0 Å². The first-order chi connectivity index (χ1) is 25.2. The van der Waals surface area contributed by atoms with E-state index in [1.807, 2.05) is 12.3 Å². The molecule has 6 heteroatoms. The average Bonchev–Trinajstić information content (AvgIpc) is 3.69. The number of hydrogen-bond acceptors (Lipinski definition) is 3. The van der Waals surface area contributed by atoms with Gasteiger partial charge in [0.05, 0.1) is 5.69 Å². The molecule has 0 unspecified atom stereocenters. The fourth-order valence-electron chi connectivity index (χ4n) is 7.65. The van der Waals surface area contributed by atoms with Crippen molar-refractivity contribution in [2.24, 2.45) is 5.92 Å². The molecule has 0 fully saturated rings. The zero-order chi connectivity index (χ0) is 36.5. The predicted octanol–water partition coefficient (Wildman–Crippen LogP) is 12.0. The summed E-state index contributed by atoms with van der Waals surface area (Å²) in [5.74, 6) is 3.01. The molecule has 0 radical (unpaired) electrons. The fraction of sp³-hybridized carbons (Fsp3) is 0.319. The van der Waals surface area contributed by atoms with Gasteiger partial charge in [0.25, 0.3) is 0 Å². The Morgan fingerprint density at radius 2 is 1.47 bits per heavy atom. The van der Waals surface area contributed by atoms with Crippen molar-refractivity contribution in [2.75, 3.05) is 0 Å². The molecule has 0 bridgehead atoms. The molecule has 274 valence electrons. The normalized spacial score (nSPS) is 11.6. The number of aromatic nitrogens is 4. The van der Waals surface area contributed by atoms with Gasteiger partial charge in [-0.25, -0.2) is 4.98 Å². The molecule has 0 saturated heterocycles. The molecule has 3 aromatic heterocycles. The summed E-state index contributed by atoms with van der Waals surface area (Å²) in [4.78, 5) is 4.84. The van der Waals surface area contributed by atoms with E-state index in [1.165, 1.54) is 39.1 Å². The Balaban J connectivity index is 0.00000481. The number of nitrogens with zero attached hydrogens (tertiary/aromatic N) is 4. The van der Waals surface area contributed by atoms with E-state index in [0.29, 0.717) is 17.4 Å². The smallest absolute Gasteiger partial charge is 0.509 e. The Morgan fingerprint density at radius 3 is 2.15 bits per heavy atom. The van der Waals surface area contributed by atoms with Gasteiger partial charge in [-0.3, -0.25) is 4.68 Å². The van der Waals surface area contributed by atoms with Crippen LogP contribution in [0.5, 0.6) is 11.5 Å². The largest absolute Gasteiger partial charge is 2.00 e. The van der Waals surface area contributed by atoms with E-state index in [-0.39, 0.29) is 27.0 Å². The molecule has 0 saturated carbocycles. The Bertz CT molecular complexity index is 2360. The summed E-state index contributed by atoms with van der Waals surface area (Å²) in [6.07, 6.45) is 6.57. The molecule has 0 aliphatic carbocycles. The number of benzene rings is 4. The topological polar surface area (TPSA) is 44.9 Å². The van der Waals surface area contributed by atoms with Gasteiger partial charge in [-0.05, 0) is 95.5 Å². The van der Waals surface area contributed by atoms with Crippen LogP contribution in [0.3, 0.4) is 0 Å². The predicted molar refractivity (Wildman–Crippen MR) is 215 cm³/mol. The van der Waals surface area contributed by atoms with Crippen molar-refractivity contribution < 1.29 is 25.8 Å².